The van der Waals surface area contributed by atoms with Crippen molar-refractivity contribution in [2.24, 2.45) is 5.10 Å². The summed E-state index contributed by atoms with van der Waals surface area (Å²) in [6, 6.07) is 12.9. The number of aromatic hydroxyl groups is 1. The van der Waals surface area contributed by atoms with E-state index in [2.05, 4.69) is 10.5 Å². The van der Waals surface area contributed by atoms with Crippen LogP contribution in [-0.2, 0) is 11.2 Å². The average molecular weight is 356 g/mol. The van der Waals surface area contributed by atoms with Crippen LogP contribution in [0.1, 0.15) is 30.9 Å². The van der Waals surface area contributed by atoms with Gasteiger partial charge in [-0.15, -0.1) is 0 Å². The Bertz CT molecular complexity index is 742. The summed E-state index contributed by atoms with van der Waals surface area (Å²) in [5.74, 6) is 1.03. The van der Waals surface area contributed by atoms with Gasteiger partial charge < -0.3 is 14.6 Å². The molecule has 0 radical (unpaired) electrons. The third kappa shape index (κ3) is 5.81. The Morgan fingerprint density at radius 1 is 1.23 bits per heavy atom. The molecule has 2 aromatic carbocycles. The molecule has 2 N–H and O–H groups in total. The molecule has 0 aromatic heterocycles. The van der Waals surface area contributed by atoms with E-state index in [9.17, 15) is 9.90 Å². The molecule has 0 saturated carbocycles. The van der Waals surface area contributed by atoms with Crippen LogP contribution in [0.3, 0.4) is 0 Å². The van der Waals surface area contributed by atoms with Crippen LogP contribution in [0.5, 0.6) is 17.2 Å². The Kier molecular flexibility index (Phi) is 7.49. The number of ether oxygens (including phenoxy) is 2. The fourth-order valence-electron chi connectivity index (χ4n) is 2.41. The van der Waals surface area contributed by atoms with Crippen molar-refractivity contribution < 1.29 is 19.4 Å². The van der Waals surface area contributed by atoms with Gasteiger partial charge in [0.1, 0.15) is 5.75 Å². The van der Waals surface area contributed by atoms with Gasteiger partial charge in [0.2, 0.25) is 5.91 Å². The highest BCUT2D eigenvalue weighted by atomic mass is 16.5. The minimum absolute atomic E-state index is 0.0106. The van der Waals surface area contributed by atoms with Gasteiger partial charge in [0.25, 0.3) is 0 Å². The number of nitrogens with one attached hydrogen (secondary N) is 1. The van der Waals surface area contributed by atoms with Gasteiger partial charge in [-0.3, -0.25) is 4.79 Å². The normalized spacial score (nSPS) is 10.7. The van der Waals surface area contributed by atoms with Gasteiger partial charge in [0.15, 0.2) is 11.5 Å². The molecule has 0 spiro atoms. The molecule has 6 nitrogen and oxygen atoms in total. The molecule has 1 amide bonds. The highest BCUT2D eigenvalue weighted by Crippen LogP contribution is 2.27. The molecule has 0 unspecified atom stereocenters. The minimum Gasteiger partial charge on any atom is -0.504 e. The number of carbonyl (C=O) groups excluding carboxylic acids is 1. The SMILES string of the molecule is CCOc1ccc(CCCC(=O)N/N=C/c2cccc(OC)c2O)cc1. The van der Waals surface area contributed by atoms with E-state index < -0.39 is 0 Å². The molecule has 6 heteroatoms. The molecule has 0 atom stereocenters. The van der Waals surface area contributed by atoms with Crippen LogP contribution < -0.4 is 14.9 Å². The Hall–Kier alpha value is -3.02. The van der Waals surface area contributed by atoms with Gasteiger partial charge in [-0.1, -0.05) is 18.2 Å². The Morgan fingerprint density at radius 2 is 2.00 bits per heavy atom. The number of hydrogen-bond acceptors (Lipinski definition) is 5. The van der Waals surface area contributed by atoms with E-state index in [4.69, 9.17) is 9.47 Å². The minimum atomic E-state index is -0.172. The van der Waals surface area contributed by atoms with Crippen molar-refractivity contribution in [3.05, 3.63) is 53.6 Å². The summed E-state index contributed by atoms with van der Waals surface area (Å²) in [4.78, 5) is 11.8. The zero-order valence-electron chi connectivity index (χ0n) is 15.1. The molecular weight excluding hydrogens is 332 g/mol. The Balaban J connectivity index is 1.75. The molecule has 0 bridgehead atoms. The summed E-state index contributed by atoms with van der Waals surface area (Å²) in [6.45, 7) is 2.60. The summed E-state index contributed by atoms with van der Waals surface area (Å²) < 4.78 is 10.4. The summed E-state index contributed by atoms with van der Waals surface area (Å²) in [5.41, 5.74) is 4.10. The predicted octanol–water partition coefficient (Wildman–Crippen LogP) is 3.27. The number of hydrogen-bond donors (Lipinski definition) is 2. The molecule has 2 rings (SSSR count). The van der Waals surface area contributed by atoms with E-state index in [0.717, 1.165) is 24.2 Å². The van der Waals surface area contributed by atoms with E-state index in [1.54, 1.807) is 18.2 Å². The van der Waals surface area contributed by atoms with E-state index in [1.165, 1.54) is 13.3 Å². The summed E-state index contributed by atoms with van der Waals surface area (Å²) in [5, 5.41) is 13.8. The number of phenols is 1. The molecular formula is C20H24N2O4. The monoisotopic (exact) mass is 356 g/mol. The smallest absolute Gasteiger partial charge is 0.240 e. The average Bonchev–Trinajstić information content (AvgIpc) is 2.65. The second-order valence-electron chi connectivity index (χ2n) is 5.62. The number of amides is 1. The van der Waals surface area contributed by atoms with Gasteiger partial charge in [-0.05, 0) is 49.6 Å². The maximum atomic E-state index is 11.8. The van der Waals surface area contributed by atoms with Crippen LogP contribution >= 0.6 is 0 Å². The molecule has 26 heavy (non-hydrogen) atoms. The summed E-state index contributed by atoms with van der Waals surface area (Å²) >= 11 is 0. The second kappa shape index (κ2) is 10.1. The van der Waals surface area contributed by atoms with Crippen molar-refractivity contribution in [1.29, 1.82) is 0 Å². The lowest BCUT2D eigenvalue weighted by atomic mass is 10.1. The van der Waals surface area contributed by atoms with Crippen molar-refractivity contribution in [1.82, 2.24) is 5.43 Å². The highest BCUT2D eigenvalue weighted by Gasteiger charge is 2.05. The van der Waals surface area contributed by atoms with Gasteiger partial charge in [0.05, 0.1) is 19.9 Å². The molecule has 138 valence electrons. The third-order valence-electron chi connectivity index (χ3n) is 3.75. The van der Waals surface area contributed by atoms with E-state index in [-0.39, 0.29) is 11.7 Å². The summed E-state index contributed by atoms with van der Waals surface area (Å²) in [7, 11) is 1.47. The number of benzene rings is 2. The van der Waals surface area contributed by atoms with Gasteiger partial charge in [-0.2, -0.15) is 5.10 Å². The Morgan fingerprint density at radius 3 is 2.69 bits per heavy atom. The number of carbonyl (C=O) groups is 1. The topological polar surface area (TPSA) is 80.2 Å². The number of phenolic OH excluding ortho intramolecular Hbond substituents is 1. The van der Waals surface area contributed by atoms with Crippen LogP contribution in [0.15, 0.2) is 47.6 Å². The molecule has 0 heterocycles. The molecule has 0 fully saturated rings. The molecule has 0 aliphatic heterocycles. The van der Waals surface area contributed by atoms with E-state index >= 15 is 0 Å². The fourth-order valence-corrected chi connectivity index (χ4v) is 2.41. The maximum Gasteiger partial charge on any atom is 0.240 e. The lowest BCUT2D eigenvalue weighted by Crippen LogP contribution is -2.17. The molecule has 0 saturated heterocycles. The molecule has 0 aliphatic carbocycles. The first-order chi connectivity index (χ1) is 12.6. The van der Waals surface area contributed by atoms with Gasteiger partial charge in [0, 0.05) is 12.0 Å². The van der Waals surface area contributed by atoms with Gasteiger partial charge >= 0.3 is 0 Å². The lowest BCUT2D eigenvalue weighted by molar-refractivity contribution is -0.121. The number of nitrogens with zero attached hydrogens (tertiary/aromatic N) is 1. The first-order valence-corrected chi connectivity index (χ1v) is 8.53. The van der Waals surface area contributed by atoms with Crippen molar-refractivity contribution in [3.8, 4) is 17.2 Å². The highest BCUT2D eigenvalue weighted by molar-refractivity contribution is 5.86. The molecule has 2 aromatic rings. The number of rotatable bonds is 9. The van der Waals surface area contributed by atoms with E-state index in [0.29, 0.717) is 24.3 Å². The quantitative estimate of drug-likeness (QED) is 0.534. The third-order valence-corrected chi connectivity index (χ3v) is 3.75. The number of aryl methyl sites for hydroxylation is 1. The number of methoxy groups -OCH3 is 1. The van der Waals surface area contributed by atoms with E-state index in [1.807, 2.05) is 31.2 Å². The summed E-state index contributed by atoms with van der Waals surface area (Å²) in [6.07, 6.45) is 3.29. The maximum absolute atomic E-state index is 11.8. The zero-order chi connectivity index (χ0) is 18.8. The zero-order valence-corrected chi connectivity index (χ0v) is 15.1. The standard InChI is InChI=1S/C20H24N2O4/c1-3-26-17-12-10-15(11-13-17)6-4-9-19(23)22-21-14-16-7-5-8-18(25-2)20(16)24/h5,7-8,10-14,24H,3-4,6,9H2,1-2H3,(H,22,23)/b21-14+. The lowest BCUT2D eigenvalue weighted by Gasteiger charge is -2.05. The van der Waals surface area contributed by atoms with Crippen molar-refractivity contribution in [2.45, 2.75) is 26.2 Å². The predicted molar refractivity (Wildman–Crippen MR) is 101 cm³/mol. The number of para-hydroxylation sites is 1. The van der Waals surface area contributed by atoms with Crippen LogP contribution in [0.25, 0.3) is 0 Å². The van der Waals surface area contributed by atoms with Crippen LogP contribution in [0.4, 0.5) is 0 Å². The van der Waals surface area contributed by atoms with Crippen LogP contribution in [-0.4, -0.2) is 30.9 Å². The largest absolute Gasteiger partial charge is 0.504 e. The van der Waals surface area contributed by atoms with Crippen LogP contribution in [0.2, 0.25) is 0 Å². The fraction of sp³-hybridized carbons (Fsp3) is 0.300. The van der Waals surface area contributed by atoms with Crippen molar-refractivity contribution in [3.63, 3.8) is 0 Å². The first-order valence-electron chi connectivity index (χ1n) is 8.53. The van der Waals surface area contributed by atoms with Gasteiger partial charge in [-0.25, -0.2) is 5.43 Å². The number of hydrazone groups is 1. The van der Waals surface area contributed by atoms with Crippen molar-refractivity contribution in [2.75, 3.05) is 13.7 Å². The first kappa shape index (κ1) is 19.3. The Labute approximate surface area is 153 Å². The van der Waals surface area contributed by atoms with Crippen LogP contribution in [0, 0.1) is 0 Å². The second-order valence-corrected chi connectivity index (χ2v) is 5.62. The van der Waals surface area contributed by atoms with Crippen molar-refractivity contribution >= 4 is 12.1 Å². The molecule has 0 aliphatic rings.